The summed E-state index contributed by atoms with van der Waals surface area (Å²) in [6, 6.07) is 7.82. The number of benzene rings is 1. The topological polar surface area (TPSA) is 35.6 Å². The lowest BCUT2D eigenvalue weighted by Crippen LogP contribution is -2.44. The lowest BCUT2D eigenvalue weighted by molar-refractivity contribution is 0.0963. The smallest absolute Gasteiger partial charge is 0.251 e. The summed E-state index contributed by atoms with van der Waals surface area (Å²) in [4.78, 5) is 16.2. The number of carbonyl (C=O) groups excluding carboxylic acids is 1. The molecule has 1 N–H and O–H groups in total. The van der Waals surface area contributed by atoms with Crippen molar-refractivity contribution in [2.75, 3.05) is 45.2 Å². The molecule has 1 heterocycles. The fourth-order valence-corrected chi connectivity index (χ4v) is 2.05. The molecule has 0 bridgehead atoms. The van der Waals surface area contributed by atoms with E-state index >= 15 is 0 Å². The molecule has 0 saturated carbocycles. The number of nitrogens with zero attached hydrogens (tertiary/aromatic N) is 2. The van der Waals surface area contributed by atoms with Gasteiger partial charge >= 0.3 is 0 Å². The molecule has 1 aliphatic rings. The van der Waals surface area contributed by atoms with Gasteiger partial charge in [-0.2, -0.15) is 0 Å². The number of likely N-dealkylation sites (N-methyl/N-ethyl adjacent to an activating group) is 1. The molecule has 1 saturated heterocycles. The van der Waals surface area contributed by atoms with Gasteiger partial charge < -0.3 is 15.1 Å². The molecule has 0 aromatic heterocycles. The van der Waals surface area contributed by atoms with Crippen LogP contribution in [0.15, 0.2) is 24.3 Å². The van der Waals surface area contributed by atoms with E-state index in [1.54, 1.807) is 7.05 Å². The van der Waals surface area contributed by atoms with E-state index in [-0.39, 0.29) is 5.91 Å². The molecule has 17 heavy (non-hydrogen) atoms. The Morgan fingerprint density at radius 1 is 1.24 bits per heavy atom. The van der Waals surface area contributed by atoms with Crippen LogP contribution < -0.4 is 10.2 Å². The van der Waals surface area contributed by atoms with Crippen molar-refractivity contribution in [1.82, 2.24) is 10.2 Å². The molecule has 0 aliphatic carbocycles. The first-order valence-electron chi connectivity index (χ1n) is 5.96. The molecule has 92 valence electrons. The van der Waals surface area contributed by atoms with E-state index in [2.05, 4.69) is 28.2 Å². The Kier molecular flexibility index (Phi) is 3.64. The van der Waals surface area contributed by atoms with Crippen LogP contribution >= 0.6 is 0 Å². The van der Waals surface area contributed by atoms with E-state index in [1.807, 2.05) is 18.2 Å². The molecule has 1 aromatic rings. The molecule has 2 rings (SSSR count). The Balaban J connectivity index is 2.13. The maximum atomic E-state index is 11.6. The number of amides is 1. The second-order valence-electron chi connectivity index (χ2n) is 4.42. The van der Waals surface area contributed by atoms with Crippen LogP contribution in [-0.4, -0.2) is 51.1 Å². The largest absolute Gasteiger partial charge is 0.369 e. The number of nitrogens with one attached hydrogen (secondary N) is 1. The minimum absolute atomic E-state index is 0.0269. The minimum Gasteiger partial charge on any atom is -0.369 e. The van der Waals surface area contributed by atoms with Crippen LogP contribution in [0.25, 0.3) is 0 Å². The summed E-state index contributed by atoms with van der Waals surface area (Å²) in [5.74, 6) is -0.0269. The van der Waals surface area contributed by atoms with Crippen LogP contribution in [0.5, 0.6) is 0 Å². The zero-order valence-corrected chi connectivity index (χ0v) is 10.4. The molecular formula is C13H19N3O. The van der Waals surface area contributed by atoms with E-state index in [9.17, 15) is 4.79 Å². The van der Waals surface area contributed by atoms with E-state index in [0.29, 0.717) is 0 Å². The summed E-state index contributed by atoms with van der Waals surface area (Å²) in [7, 11) is 3.79. The van der Waals surface area contributed by atoms with Crippen molar-refractivity contribution in [2.45, 2.75) is 0 Å². The Hall–Kier alpha value is -1.55. The predicted octanol–water partition coefficient (Wildman–Crippen LogP) is 0.798. The molecule has 1 amide bonds. The van der Waals surface area contributed by atoms with Crippen molar-refractivity contribution in [1.29, 1.82) is 0 Å². The maximum absolute atomic E-state index is 11.6. The van der Waals surface area contributed by atoms with Gasteiger partial charge in [-0.05, 0) is 25.2 Å². The molecule has 0 atom stereocenters. The van der Waals surface area contributed by atoms with Crippen molar-refractivity contribution in [3.63, 3.8) is 0 Å². The van der Waals surface area contributed by atoms with Gasteiger partial charge in [0.05, 0.1) is 0 Å². The van der Waals surface area contributed by atoms with Crippen molar-refractivity contribution >= 4 is 11.6 Å². The van der Waals surface area contributed by atoms with Crippen molar-refractivity contribution in [3.05, 3.63) is 29.8 Å². The van der Waals surface area contributed by atoms with Crippen LogP contribution in [0.2, 0.25) is 0 Å². The van der Waals surface area contributed by atoms with Crippen LogP contribution in [0.4, 0.5) is 5.69 Å². The summed E-state index contributed by atoms with van der Waals surface area (Å²) in [6.45, 7) is 4.19. The lowest BCUT2D eigenvalue weighted by Gasteiger charge is -2.34. The minimum atomic E-state index is -0.0269. The van der Waals surface area contributed by atoms with Gasteiger partial charge in [-0.15, -0.1) is 0 Å². The number of hydrogen-bond acceptors (Lipinski definition) is 3. The third-order valence-electron chi connectivity index (χ3n) is 3.20. The van der Waals surface area contributed by atoms with Gasteiger partial charge in [0.25, 0.3) is 5.91 Å². The van der Waals surface area contributed by atoms with Gasteiger partial charge in [-0.25, -0.2) is 0 Å². The molecular weight excluding hydrogens is 214 g/mol. The van der Waals surface area contributed by atoms with Gasteiger partial charge in [-0.3, -0.25) is 4.79 Å². The molecule has 4 nitrogen and oxygen atoms in total. The van der Waals surface area contributed by atoms with Crippen molar-refractivity contribution in [2.24, 2.45) is 0 Å². The quantitative estimate of drug-likeness (QED) is 0.820. The SMILES string of the molecule is CNC(=O)c1cccc(N2CCN(C)CC2)c1. The predicted molar refractivity (Wildman–Crippen MR) is 69.5 cm³/mol. The molecule has 4 heteroatoms. The summed E-state index contributed by atoms with van der Waals surface area (Å²) >= 11 is 0. The van der Waals surface area contributed by atoms with E-state index in [1.165, 1.54) is 0 Å². The highest BCUT2D eigenvalue weighted by molar-refractivity contribution is 5.94. The number of anilines is 1. The van der Waals surface area contributed by atoms with Crippen LogP contribution in [0.1, 0.15) is 10.4 Å². The van der Waals surface area contributed by atoms with Crippen LogP contribution in [-0.2, 0) is 0 Å². The second kappa shape index (κ2) is 5.19. The first-order valence-corrected chi connectivity index (χ1v) is 5.96. The highest BCUT2D eigenvalue weighted by Gasteiger charge is 2.15. The number of hydrogen-bond donors (Lipinski definition) is 1. The third-order valence-corrected chi connectivity index (χ3v) is 3.20. The molecule has 0 spiro atoms. The highest BCUT2D eigenvalue weighted by atomic mass is 16.1. The lowest BCUT2D eigenvalue weighted by atomic mass is 10.1. The summed E-state index contributed by atoms with van der Waals surface area (Å²) in [6.07, 6.45) is 0. The number of piperazine rings is 1. The van der Waals surface area contributed by atoms with Gasteiger partial charge in [0.1, 0.15) is 0 Å². The summed E-state index contributed by atoms with van der Waals surface area (Å²) < 4.78 is 0. The van der Waals surface area contributed by atoms with Crippen molar-refractivity contribution in [3.8, 4) is 0 Å². The monoisotopic (exact) mass is 233 g/mol. The van der Waals surface area contributed by atoms with E-state index < -0.39 is 0 Å². The molecule has 1 aromatic carbocycles. The highest BCUT2D eigenvalue weighted by Crippen LogP contribution is 2.17. The van der Waals surface area contributed by atoms with E-state index in [4.69, 9.17) is 0 Å². The van der Waals surface area contributed by atoms with E-state index in [0.717, 1.165) is 37.4 Å². The molecule has 1 fully saturated rings. The number of carbonyl (C=O) groups is 1. The average Bonchev–Trinajstić information content (AvgIpc) is 2.39. The van der Waals surface area contributed by atoms with Crippen LogP contribution in [0.3, 0.4) is 0 Å². The molecule has 0 unspecified atom stereocenters. The van der Waals surface area contributed by atoms with Gasteiger partial charge in [0.2, 0.25) is 0 Å². The Bertz CT molecular complexity index is 397. The normalized spacial score (nSPS) is 16.9. The van der Waals surface area contributed by atoms with Gasteiger partial charge in [0.15, 0.2) is 0 Å². The zero-order valence-electron chi connectivity index (χ0n) is 10.4. The maximum Gasteiger partial charge on any atom is 0.251 e. The standard InChI is InChI=1S/C13H19N3O/c1-14-13(17)11-4-3-5-12(10-11)16-8-6-15(2)7-9-16/h3-5,10H,6-9H2,1-2H3,(H,14,17). The fourth-order valence-electron chi connectivity index (χ4n) is 2.05. The zero-order chi connectivity index (χ0) is 12.3. The van der Waals surface area contributed by atoms with Crippen LogP contribution in [0, 0.1) is 0 Å². The van der Waals surface area contributed by atoms with Gasteiger partial charge in [-0.1, -0.05) is 6.07 Å². The fraction of sp³-hybridized carbons (Fsp3) is 0.462. The second-order valence-corrected chi connectivity index (χ2v) is 4.42. The summed E-state index contributed by atoms with van der Waals surface area (Å²) in [5.41, 5.74) is 1.86. The summed E-state index contributed by atoms with van der Waals surface area (Å²) in [5, 5.41) is 2.65. The Labute approximate surface area is 102 Å². The third kappa shape index (κ3) is 2.77. The number of rotatable bonds is 2. The van der Waals surface area contributed by atoms with Crippen molar-refractivity contribution < 1.29 is 4.79 Å². The Morgan fingerprint density at radius 2 is 1.94 bits per heavy atom. The first-order chi connectivity index (χ1) is 8.20. The van der Waals surface area contributed by atoms with Gasteiger partial charge in [0, 0.05) is 44.5 Å². The first kappa shape index (κ1) is 11.9. The Morgan fingerprint density at radius 3 is 2.59 bits per heavy atom. The molecule has 1 aliphatic heterocycles. The molecule has 0 radical (unpaired) electrons. The average molecular weight is 233 g/mol.